The summed E-state index contributed by atoms with van der Waals surface area (Å²) in [4.78, 5) is 15.1. The first-order valence-corrected chi connectivity index (χ1v) is 14.9. The van der Waals surface area contributed by atoms with Gasteiger partial charge in [0.2, 0.25) is 0 Å². The minimum Gasteiger partial charge on any atom is -0.497 e. The van der Waals surface area contributed by atoms with Crippen molar-refractivity contribution >= 4 is 22.8 Å². The summed E-state index contributed by atoms with van der Waals surface area (Å²) >= 11 is 0. The van der Waals surface area contributed by atoms with Gasteiger partial charge in [0.25, 0.3) is 0 Å². The van der Waals surface area contributed by atoms with E-state index in [1.807, 2.05) is 68.4 Å². The normalized spacial score (nSPS) is 13.3. The highest BCUT2D eigenvalue weighted by Crippen LogP contribution is 2.36. The molecule has 0 spiro atoms. The zero-order valence-electron chi connectivity index (χ0n) is 26.3. The summed E-state index contributed by atoms with van der Waals surface area (Å²) in [6.45, 7) is 8.40. The number of aliphatic imine (C=N–C) groups is 2. The third-order valence-corrected chi connectivity index (χ3v) is 8.07. The molecular weight excluding hydrogens is 542 g/mol. The number of ether oxygens (including phenoxy) is 2. The van der Waals surface area contributed by atoms with Gasteiger partial charge in [0, 0.05) is 11.8 Å². The van der Waals surface area contributed by atoms with Gasteiger partial charge in [0.1, 0.15) is 11.5 Å². The van der Waals surface area contributed by atoms with E-state index in [1.54, 1.807) is 14.2 Å². The van der Waals surface area contributed by atoms with Crippen LogP contribution in [0, 0.1) is 0 Å². The number of methoxy groups -OCH3 is 2. The van der Waals surface area contributed by atoms with Crippen LogP contribution in [0.1, 0.15) is 73.2 Å². The quantitative estimate of drug-likeness (QED) is 0.154. The van der Waals surface area contributed by atoms with Crippen molar-refractivity contribution in [2.75, 3.05) is 14.2 Å². The van der Waals surface area contributed by atoms with Crippen molar-refractivity contribution in [3.8, 4) is 11.5 Å². The molecular formula is C39H39N3O2. The Bertz CT molecular complexity index is 1650. The maximum absolute atomic E-state index is 5.56. The average Bonchev–Trinajstić information content (AvgIpc) is 3.08. The summed E-state index contributed by atoms with van der Waals surface area (Å²) in [6, 6.07) is 39.0. The highest BCUT2D eigenvalue weighted by Gasteiger charge is 2.17. The van der Waals surface area contributed by atoms with Gasteiger partial charge in [-0.3, -0.25) is 9.98 Å². The monoisotopic (exact) mass is 581 g/mol. The summed E-state index contributed by atoms with van der Waals surface area (Å²) in [5, 5.41) is 0. The molecule has 0 bridgehead atoms. The van der Waals surface area contributed by atoms with Crippen LogP contribution in [0.5, 0.6) is 11.5 Å². The van der Waals surface area contributed by atoms with Crippen LogP contribution < -0.4 is 9.47 Å². The second kappa shape index (κ2) is 14.0. The molecule has 0 aliphatic heterocycles. The van der Waals surface area contributed by atoms with E-state index in [2.05, 4.69) is 74.5 Å². The lowest BCUT2D eigenvalue weighted by Gasteiger charge is -2.17. The second-order valence-electron chi connectivity index (χ2n) is 10.9. The molecule has 2 unspecified atom stereocenters. The zero-order chi connectivity index (χ0) is 31.1. The molecule has 0 radical (unpaired) electrons. The lowest BCUT2D eigenvalue weighted by atomic mass is 9.91. The van der Waals surface area contributed by atoms with E-state index in [9.17, 15) is 0 Å². The van der Waals surface area contributed by atoms with E-state index in [4.69, 9.17) is 24.4 Å². The Labute approximate surface area is 261 Å². The molecule has 4 aromatic carbocycles. The fraction of sp³-hybridized carbons (Fsp3) is 0.205. The van der Waals surface area contributed by atoms with E-state index in [1.165, 1.54) is 11.1 Å². The summed E-state index contributed by atoms with van der Waals surface area (Å²) < 4.78 is 11.1. The molecule has 0 aliphatic rings. The second-order valence-corrected chi connectivity index (χ2v) is 10.9. The number of pyridine rings is 1. The van der Waals surface area contributed by atoms with Crippen molar-refractivity contribution in [1.82, 2.24) is 4.98 Å². The number of hydrogen-bond donors (Lipinski definition) is 0. The van der Waals surface area contributed by atoms with E-state index < -0.39 is 0 Å². The minimum absolute atomic E-state index is 0.142. The summed E-state index contributed by atoms with van der Waals surface area (Å²) in [5.74, 6) is 1.91. The highest BCUT2D eigenvalue weighted by molar-refractivity contribution is 6.02. The van der Waals surface area contributed by atoms with Crippen LogP contribution in [0.25, 0.3) is 0 Å². The fourth-order valence-electron chi connectivity index (χ4n) is 5.37. The summed E-state index contributed by atoms with van der Waals surface area (Å²) in [7, 11) is 3.38. The lowest BCUT2D eigenvalue weighted by Crippen LogP contribution is -2.06. The Balaban J connectivity index is 1.48. The van der Waals surface area contributed by atoms with Gasteiger partial charge in [-0.2, -0.15) is 0 Å². The van der Waals surface area contributed by atoms with Crippen molar-refractivity contribution < 1.29 is 9.47 Å². The number of hydrogen-bond acceptors (Lipinski definition) is 5. The van der Waals surface area contributed by atoms with E-state index >= 15 is 0 Å². The van der Waals surface area contributed by atoms with Crippen molar-refractivity contribution in [2.45, 2.75) is 39.5 Å². The van der Waals surface area contributed by atoms with Gasteiger partial charge in [0.15, 0.2) is 0 Å². The van der Waals surface area contributed by atoms with Crippen molar-refractivity contribution in [1.29, 1.82) is 0 Å². The Morgan fingerprint density at radius 1 is 0.545 bits per heavy atom. The molecule has 2 atom stereocenters. The van der Waals surface area contributed by atoms with Crippen molar-refractivity contribution in [3.05, 3.63) is 149 Å². The molecule has 222 valence electrons. The van der Waals surface area contributed by atoms with E-state index in [0.717, 1.165) is 56.8 Å². The summed E-state index contributed by atoms with van der Waals surface area (Å²) in [5.41, 5.74) is 9.71. The maximum atomic E-state index is 5.56. The number of nitrogens with zero attached hydrogens (tertiary/aromatic N) is 3. The molecule has 1 aromatic heterocycles. The Morgan fingerprint density at radius 3 is 1.34 bits per heavy atom. The molecule has 5 aromatic rings. The molecule has 0 saturated heterocycles. The van der Waals surface area contributed by atoms with Crippen LogP contribution in [0.15, 0.2) is 125 Å². The van der Waals surface area contributed by atoms with Gasteiger partial charge >= 0.3 is 0 Å². The molecule has 0 saturated carbocycles. The van der Waals surface area contributed by atoms with Gasteiger partial charge in [-0.15, -0.1) is 0 Å². The van der Waals surface area contributed by atoms with Crippen molar-refractivity contribution in [2.24, 2.45) is 9.98 Å². The van der Waals surface area contributed by atoms with Crippen molar-refractivity contribution in [3.63, 3.8) is 0 Å². The van der Waals surface area contributed by atoms with E-state index in [-0.39, 0.29) is 11.8 Å². The Kier molecular flexibility index (Phi) is 9.65. The van der Waals surface area contributed by atoms with Crippen LogP contribution in [-0.2, 0) is 0 Å². The van der Waals surface area contributed by atoms with Gasteiger partial charge in [-0.1, -0.05) is 80.6 Å². The first kappa shape index (κ1) is 30.4. The maximum Gasteiger partial charge on any atom is 0.119 e. The Morgan fingerprint density at radius 2 is 0.955 bits per heavy atom. The molecule has 5 rings (SSSR count). The van der Waals surface area contributed by atoms with Gasteiger partial charge in [-0.25, -0.2) is 4.98 Å². The van der Waals surface area contributed by atoms with Gasteiger partial charge in [0.05, 0.1) is 48.4 Å². The smallest absolute Gasteiger partial charge is 0.119 e. The SMILES string of the molecule is COc1ccc(N=C(C)c2cccc(C(C)=Nc3ccc(OC)cc3C(C)c3ccccc3)n2)c(C(C)c2ccccc2)c1. The minimum atomic E-state index is 0.142. The van der Waals surface area contributed by atoms with Crippen LogP contribution in [-0.4, -0.2) is 30.6 Å². The largest absolute Gasteiger partial charge is 0.497 e. The Hall–Kier alpha value is -5.03. The summed E-state index contributed by atoms with van der Waals surface area (Å²) in [6.07, 6.45) is 0. The topological polar surface area (TPSA) is 56.1 Å². The molecule has 5 nitrogen and oxygen atoms in total. The molecule has 5 heteroatoms. The lowest BCUT2D eigenvalue weighted by molar-refractivity contribution is 0.414. The predicted molar refractivity (Wildman–Crippen MR) is 182 cm³/mol. The molecule has 0 fully saturated rings. The molecule has 0 N–H and O–H groups in total. The highest BCUT2D eigenvalue weighted by atomic mass is 16.5. The molecule has 44 heavy (non-hydrogen) atoms. The number of rotatable bonds is 10. The molecule has 1 heterocycles. The number of benzene rings is 4. The number of aromatic nitrogens is 1. The average molecular weight is 582 g/mol. The fourth-order valence-corrected chi connectivity index (χ4v) is 5.37. The molecule has 0 amide bonds. The zero-order valence-corrected chi connectivity index (χ0v) is 26.3. The van der Waals surface area contributed by atoms with Gasteiger partial charge < -0.3 is 9.47 Å². The van der Waals surface area contributed by atoms with Gasteiger partial charge in [-0.05, 0) is 84.6 Å². The molecule has 0 aliphatic carbocycles. The third-order valence-electron chi connectivity index (χ3n) is 8.07. The van der Waals surface area contributed by atoms with Crippen LogP contribution in [0.4, 0.5) is 11.4 Å². The van der Waals surface area contributed by atoms with E-state index in [0.29, 0.717) is 0 Å². The van der Waals surface area contributed by atoms with Crippen LogP contribution >= 0.6 is 0 Å². The first-order chi connectivity index (χ1) is 21.4. The standard InChI is InChI=1S/C39H39N3O2/c1-26(30-14-9-7-10-15-30)34-24-32(43-5)20-22-38(34)40-28(3)36-18-13-19-37(42-36)29(4)41-39-23-21-33(44-6)25-35(39)27(2)31-16-11-8-12-17-31/h7-27H,1-6H3. The third kappa shape index (κ3) is 6.95. The first-order valence-electron chi connectivity index (χ1n) is 14.9. The van der Waals surface area contributed by atoms with Crippen LogP contribution in [0.2, 0.25) is 0 Å². The predicted octanol–water partition coefficient (Wildman–Crippen LogP) is 9.68. The van der Waals surface area contributed by atoms with Crippen LogP contribution in [0.3, 0.4) is 0 Å².